The minimum absolute atomic E-state index is 0.264. The smallest absolute Gasteiger partial charge is 0.321 e. The van der Waals surface area contributed by atoms with Gasteiger partial charge in [0.15, 0.2) is 0 Å². The fourth-order valence-electron chi connectivity index (χ4n) is 1.69. The van der Waals surface area contributed by atoms with E-state index in [0.717, 1.165) is 12.1 Å². The van der Waals surface area contributed by atoms with Crippen LogP contribution in [0.1, 0.15) is 10.4 Å². The molecule has 22 heavy (non-hydrogen) atoms. The Bertz CT molecular complexity index is 743. The molecule has 0 radical (unpaired) electrons. The Kier molecular flexibility index (Phi) is 4.63. The van der Waals surface area contributed by atoms with Crippen LogP contribution in [0.25, 0.3) is 6.08 Å². The van der Waals surface area contributed by atoms with E-state index in [4.69, 9.17) is 5.26 Å². The zero-order valence-corrected chi connectivity index (χ0v) is 11.8. The number of alkyl halides is 3. The predicted molar refractivity (Wildman–Crippen MR) is 78.0 cm³/mol. The van der Waals surface area contributed by atoms with Crippen molar-refractivity contribution in [2.45, 2.75) is 6.18 Å². The first-order valence-electron chi connectivity index (χ1n) is 6.04. The molecule has 2 rings (SSSR count). The van der Waals surface area contributed by atoms with Crippen LogP contribution in [0.4, 0.5) is 18.9 Å². The summed E-state index contributed by atoms with van der Waals surface area (Å²) in [5.74, 6) is -0.882. The zero-order valence-electron chi connectivity index (χ0n) is 11.0. The number of carbonyl (C=O) groups excluding carboxylic acids is 1. The molecule has 1 aromatic heterocycles. The van der Waals surface area contributed by atoms with Crippen molar-refractivity contribution in [1.82, 2.24) is 0 Å². The van der Waals surface area contributed by atoms with E-state index in [9.17, 15) is 18.0 Å². The van der Waals surface area contributed by atoms with Crippen molar-refractivity contribution in [3.05, 3.63) is 57.8 Å². The normalized spacial score (nSPS) is 11.8. The quantitative estimate of drug-likeness (QED) is 0.676. The van der Waals surface area contributed by atoms with Gasteiger partial charge in [-0.2, -0.15) is 18.4 Å². The summed E-state index contributed by atoms with van der Waals surface area (Å²) in [6.07, 6.45) is -3.26. The third-order valence-corrected chi connectivity index (χ3v) is 3.49. The van der Waals surface area contributed by atoms with Gasteiger partial charge in [-0.05, 0) is 29.7 Å². The summed E-state index contributed by atoms with van der Waals surface area (Å²) >= 11 is 1.31. The fourth-order valence-corrected chi connectivity index (χ4v) is 2.35. The predicted octanol–water partition coefficient (Wildman–Crippen LogP) is 4.31. The molecule has 0 bridgehead atoms. The third kappa shape index (κ3) is 3.74. The number of anilines is 1. The number of benzene rings is 1. The van der Waals surface area contributed by atoms with Crippen molar-refractivity contribution in [1.29, 1.82) is 5.26 Å². The fraction of sp³-hybridized carbons (Fsp3) is 0.0667. The van der Waals surface area contributed by atoms with Crippen molar-refractivity contribution in [2.24, 2.45) is 0 Å². The number of nitrogens with zero attached hydrogens (tertiary/aromatic N) is 1. The molecule has 0 spiro atoms. The minimum atomic E-state index is -4.59. The summed E-state index contributed by atoms with van der Waals surface area (Å²) in [6.45, 7) is 0. The van der Waals surface area contributed by atoms with Crippen LogP contribution in [0, 0.1) is 11.3 Å². The molecule has 0 saturated heterocycles. The molecule has 1 heterocycles. The number of rotatable bonds is 3. The van der Waals surface area contributed by atoms with Gasteiger partial charge in [-0.25, -0.2) is 0 Å². The monoisotopic (exact) mass is 322 g/mol. The van der Waals surface area contributed by atoms with Gasteiger partial charge in [0.25, 0.3) is 5.91 Å². The van der Waals surface area contributed by atoms with Gasteiger partial charge in [-0.15, -0.1) is 11.3 Å². The van der Waals surface area contributed by atoms with Gasteiger partial charge in [-0.3, -0.25) is 4.79 Å². The lowest BCUT2D eigenvalue weighted by Crippen LogP contribution is -2.17. The lowest BCUT2D eigenvalue weighted by molar-refractivity contribution is -0.136. The summed E-state index contributed by atoms with van der Waals surface area (Å²) in [7, 11) is 0. The molecule has 0 atom stereocenters. The number of amides is 1. The summed E-state index contributed by atoms with van der Waals surface area (Å²) in [5, 5.41) is 12.9. The van der Waals surface area contributed by atoms with Crippen LogP contribution in [-0.2, 0) is 11.0 Å². The molecule has 1 amide bonds. The lowest BCUT2D eigenvalue weighted by atomic mass is 10.1. The Morgan fingerprint density at radius 1 is 1.23 bits per heavy atom. The summed E-state index contributed by atoms with van der Waals surface area (Å²) in [4.78, 5) is 12.6. The second kappa shape index (κ2) is 6.45. The highest BCUT2D eigenvalue weighted by molar-refractivity contribution is 7.10. The number of para-hydroxylation sites is 1. The number of thiophene rings is 1. The van der Waals surface area contributed by atoms with E-state index in [0.29, 0.717) is 4.88 Å². The first-order valence-corrected chi connectivity index (χ1v) is 6.92. The van der Waals surface area contributed by atoms with Crippen LogP contribution in [0.5, 0.6) is 0 Å². The maximum absolute atomic E-state index is 12.9. The Morgan fingerprint density at radius 3 is 2.55 bits per heavy atom. The molecular formula is C15H9F3N2OS. The van der Waals surface area contributed by atoms with Crippen molar-refractivity contribution in [3.63, 3.8) is 0 Å². The largest absolute Gasteiger partial charge is 0.418 e. The molecule has 7 heteroatoms. The summed E-state index contributed by atoms with van der Waals surface area (Å²) in [5.41, 5.74) is -1.61. The summed E-state index contributed by atoms with van der Waals surface area (Å²) < 4.78 is 38.6. The zero-order chi connectivity index (χ0) is 16.2. The highest BCUT2D eigenvalue weighted by atomic mass is 32.1. The Balaban J connectivity index is 2.28. The number of nitrogens with one attached hydrogen (secondary N) is 1. The number of carbonyl (C=O) groups is 1. The molecule has 112 valence electrons. The van der Waals surface area contributed by atoms with E-state index in [2.05, 4.69) is 5.32 Å². The molecule has 0 aliphatic heterocycles. The molecule has 0 aliphatic rings. The average molecular weight is 322 g/mol. The van der Waals surface area contributed by atoms with Crippen LogP contribution in [0.2, 0.25) is 0 Å². The second-order valence-corrected chi connectivity index (χ2v) is 5.16. The van der Waals surface area contributed by atoms with Crippen LogP contribution in [0.15, 0.2) is 47.4 Å². The topological polar surface area (TPSA) is 52.9 Å². The SMILES string of the molecule is N#C/C(=C\c1cccs1)C(=O)Nc1ccccc1C(F)(F)F. The van der Waals surface area contributed by atoms with Crippen LogP contribution >= 0.6 is 11.3 Å². The number of halogens is 3. The Morgan fingerprint density at radius 2 is 1.95 bits per heavy atom. The number of nitriles is 1. The Hall–Kier alpha value is -2.59. The van der Waals surface area contributed by atoms with Gasteiger partial charge in [0.2, 0.25) is 0 Å². The minimum Gasteiger partial charge on any atom is -0.321 e. The third-order valence-electron chi connectivity index (χ3n) is 2.68. The molecule has 0 aliphatic carbocycles. The highest BCUT2D eigenvalue weighted by Gasteiger charge is 2.33. The first kappa shape index (κ1) is 15.8. The lowest BCUT2D eigenvalue weighted by Gasteiger charge is -2.13. The van der Waals surface area contributed by atoms with E-state index >= 15 is 0 Å². The molecule has 2 aromatic rings. The molecule has 3 nitrogen and oxygen atoms in total. The van der Waals surface area contributed by atoms with Gasteiger partial charge in [0.1, 0.15) is 11.6 Å². The van der Waals surface area contributed by atoms with E-state index in [1.165, 1.54) is 29.5 Å². The second-order valence-electron chi connectivity index (χ2n) is 4.18. The van der Waals surface area contributed by atoms with E-state index < -0.39 is 17.6 Å². The maximum atomic E-state index is 12.9. The number of hydrogen-bond donors (Lipinski definition) is 1. The number of hydrogen-bond acceptors (Lipinski definition) is 3. The van der Waals surface area contributed by atoms with Gasteiger partial charge in [0.05, 0.1) is 11.3 Å². The molecule has 0 fully saturated rings. The maximum Gasteiger partial charge on any atom is 0.418 e. The van der Waals surface area contributed by atoms with Gasteiger partial charge >= 0.3 is 6.18 Å². The van der Waals surface area contributed by atoms with Gasteiger partial charge in [-0.1, -0.05) is 18.2 Å². The summed E-state index contributed by atoms with van der Waals surface area (Å²) in [6, 6.07) is 9.73. The molecular weight excluding hydrogens is 313 g/mol. The highest BCUT2D eigenvalue weighted by Crippen LogP contribution is 2.34. The van der Waals surface area contributed by atoms with Gasteiger partial charge in [0, 0.05) is 4.88 Å². The first-order chi connectivity index (χ1) is 10.4. The van der Waals surface area contributed by atoms with E-state index in [-0.39, 0.29) is 11.3 Å². The Labute approximate surface area is 128 Å². The van der Waals surface area contributed by atoms with Crippen LogP contribution < -0.4 is 5.32 Å². The standard InChI is InChI=1S/C15H9F3N2OS/c16-15(17,18)12-5-1-2-6-13(12)20-14(21)10(9-19)8-11-4-3-7-22-11/h1-8H,(H,20,21)/b10-8+. The molecule has 0 saturated carbocycles. The molecule has 0 unspecified atom stereocenters. The average Bonchev–Trinajstić information content (AvgIpc) is 2.97. The van der Waals surface area contributed by atoms with E-state index in [1.807, 2.05) is 0 Å². The van der Waals surface area contributed by atoms with Gasteiger partial charge < -0.3 is 5.32 Å². The van der Waals surface area contributed by atoms with Crippen molar-refractivity contribution < 1.29 is 18.0 Å². The van der Waals surface area contributed by atoms with Crippen LogP contribution in [0.3, 0.4) is 0 Å². The van der Waals surface area contributed by atoms with Crippen molar-refractivity contribution in [3.8, 4) is 6.07 Å². The van der Waals surface area contributed by atoms with E-state index in [1.54, 1.807) is 23.6 Å². The molecule has 1 N–H and O–H groups in total. The molecule has 1 aromatic carbocycles. The van der Waals surface area contributed by atoms with Crippen molar-refractivity contribution in [2.75, 3.05) is 5.32 Å². The van der Waals surface area contributed by atoms with Crippen molar-refractivity contribution >= 4 is 29.0 Å². The van der Waals surface area contributed by atoms with Crippen LogP contribution in [-0.4, -0.2) is 5.91 Å².